The second-order valence-corrected chi connectivity index (χ2v) is 7.97. The van der Waals surface area contributed by atoms with Gasteiger partial charge in [0.25, 0.3) is 5.56 Å². The van der Waals surface area contributed by atoms with Gasteiger partial charge in [-0.1, -0.05) is 41.9 Å². The Balaban J connectivity index is 1.76. The molecule has 0 aliphatic heterocycles. The second-order valence-electron chi connectivity index (χ2n) is 6.32. The van der Waals surface area contributed by atoms with Crippen LogP contribution in [0.4, 0.5) is 11.6 Å². The summed E-state index contributed by atoms with van der Waals surface area (Å²) in [5.74, 6) is 0.456. The van der Waals surface area contributed by atoms with E-state index in [1.54, 1.807) is 17.5 Å². The van der Waals surface area contributed by atoms with Crippen LogP contribution in [0.5, 0.6) is 0 Å². The van der Waals surface area contributed by atoms with Crippen molar-refractivity contribution in [3.8, 4) is 0 Å². The van der Waals surface area contributed by atoms with Gasteiger partial charge in [-0.2, -0.15) is 4.98 Å². The van der Waals surface area contributed by atoms with E-state index in [0.717, 1.165) is 32.0 Å². The van der Waals surface area contributed by atoms with Crippen molar-refractivity contribution in [2.24, 2.45) is 0 Å². The van der Waals surface area contributed by atoms with Gasteiger partial charge in [-0.25, -0.2) is 4.98 Å². The number of aromatic nitrogens is 3. The molecule has 0 bridgehead atoms. The molecular weight excluding hydrogens is 380 g/mol. The van der Waals surface area contributed by atoms with Crippen molar-refractivity contribution in [1.29, 1.82) is 0 Å². The molecule has 2 aromatic heterocycles. The normalized spacial score (nSPS) is 11.1. The van der Waals surface area contributed by atoms with Gasteiger partial charge in [0.2, 0.25) is 5.95 Å². The summed E-state index contributed by atoms with van der Waals surface area (Å²) in [6, 6.07) is 14.0. The molecule has 0 fully saturated rings. The van der Waals surface area contributed by atoms with E-state index in [-0.39, 0.29) is 5.02 Å². The molecule has 0 radical (unpaired) electrons. The molecule has 4 rings (SSSR count). The minimum absolute atomic E-state index is 0.0988. The number of halogens is 1. The summed E-state index contributed by atoms with van der Waals surface area (Å²) in [6.07, 6.45) is 1.62. The molecule has 0 saturated carbocycles. The van der Waals surface area contributed by atoms with E-state index in [1.807, 2.05) is 60.9 Å². The van der Waals surface area contributed by atoms with E-state index in [9.17, 15) is 4.79 Å². The highest BCUT2D eigenvalue weighted by molar-refractivity contribution is 7.18. The van der Waals surface area contributed by atoms with Crippen LogP contribution in [0, 0.1) is 13.8 Å². The van der Waals surface area contributed by atoms with Crippen LogP contribution in [0.25, 0.3) is 10.2 Å². The maximum atomic E-state index is 12.0. The molecule has 0 aliphatic carbocycles. The first kappa shape index (κ1) is 17.7. The summed E-state index contributed by atoms with van der Waals surface area (Å²) in [5.41, 5.74) is 3.54. The maximum absolute atomic E-state index is 12.0. The van der Waals surface area contributed by atoms with Crippen LogP contribution in [0.3, 0.4) is 0 Å². The van der Waals surface area contributed by atoms with E-state index < -0.39 is 5.56 Å². The third-order valence-corrected chi connectivity index (χ3v) is 5.43. The first-order valence-electron chi connectivity index (χ1n) is 8.45. The number of nitrogens with zero attached hydrogens (tertiary/aromatic N) is 3. The topological polar surface area (TPSA) is 59.8 Å². The Hall–Kier alpha value is -2.70. The second kappa shape index (κ2) is 7.13. The summed E-state index contributed by atoms with van der Waals surface area (Å²) < 4.78 is 2.94. The predicted octanol–water partition coefficient (Wildman–Crippen LogP) is 4.92. The van der Waals surface area contributed by atoms with E-state index in [2.05, 4.69) is 15.3 Å². The number of nitrogens with one attached hydrogen (secondary N) is 1. The van der Waals surface area contributed by atoms with Crippen molar-refractivity contribution < 1.29 is 0 Å². The molecule has 0 amide bonds. The lowest BCUT2D eigenvalue weighted by Crippen LogP contribution is -2.17. The molecule has 136 valence electrons. The first-order chi connectivity index (χ1) is 13.0. The van der Waals surface area contributed by atoms with Crippen molar-refractivity contribution in [3.05, 3.63) is 80.2 Å². The fourth-order valence-corrected chi connectivity index (χ4v) is 3.92. The highest BCUT2D eigenvalue weighted by Crippen LogP contribution is 2.29. The fourth-order valence-electron chi connectivity index (χ4n) is 2.92. The van der Waals surface area contributed by atoms with Gasteiger partial charge in [0.15, 0.2) is 0 Å². The SMILES string of the molecule is Cc1nc2cc(C)c(Nc3nc(=O)c(Cl)cn3Cc3ccccc3)cc2s1. The number of anilines is 2. The van der Waals surface area contributed by atoms with Crippen molar-refractivity contribution in [2.75, 3.05) is 5.32 Å². The molecule has 5 nitrogen and oxygen atoms in total. The Morgan fingerprint density at radius 1 is 1.15 bits per heavy atom. The van der Waals surface area contributed by atoms with Gasteiger partial charge in [0, 0.05) is 11.9 Å². The van der Waals surface area contributed by atoms with Crippen molar-refractivity contribution >= 4 is 44.8 Å². The fraction of sp³-hybridized carbons (Fsp3) is 0.150. The molecule has 0 unspecified atom stereocenters. The largest absolute Gasteiger partial charge is 0.325 e. The summed E-state index contributed by atoms with van der Waals surface area (Å²) in [5, 5.41) is 4.42. The van der Waals surface area contributed by atoms with Gasteiger partial charge in [-0.15, -0.1) is 11.3 Å². The molecule has 7 heteroatoms. The molecule has 27 heavy (non-hydrogen) atoms. The van der Waals surface area contributed by atoms with Crippen LogP contribution in [-0.4, -0.2) is 14.5 Å². The van der Waals surface area contributed by atoms with Crippen LogP contribution in [0.1, 0.15) is 16.1 Å². The molecule has 2 heterocycles. The minimum atomic E-state index is -0.448. The van der Waals surface area contributed by atoms with Gasteiger partial charge in [-0.3, -0.25) is 4.79 Å². The lowest BCUT2D eigenvalue weighted by atomic mass is 10.2. The Kier molecular flexibility index (Phi) is 4.68. The average Bonchev–Trinajstić information content (AvgIpc) is 2.99. The summed E-state index contributed by atoms with van der Waals surface area (Å²) >= 11 is 7.67. The Labute approximate surface area is 165 Å². The number of hydrogen-bond acceptors (Lipinski definition) is 5. The zero-order chi connectivity index (χ0) is 19.0. The van der Waals surface area contributed by atoms with E-state index in [1.165, 1.54) is 0 Å². The number of rotatable bonds is 4. The number of fused-ring (bicyclic) bond motifs is 1. The van der Waals surface area contributed by atoms with Crippen molar-refractivity contribution in [3.63, 3.8) is 0 Å². The molecule has 0 atom stereocenters. The third-order valence-electron chi connectivity index (χ3n) is 4.24. The zero-order valence-corrected chi connectivity index (χ0v) is 16.4. The molecular formula is C20H17ClN4OS. The standard InChI is InChI=1S/C20H17ClN4OS/c1-12-8-17-18(27-13(2)22-17)9-16(12)23-20-24-19(26)15(21)11-25(20)10-14-6-4-3-5-7-14/h3-9,11H,10H2,1-2H3,(H,23,24,26). The molecule has 0 aliphatic rings. The summed E-state index contributed by atoms with van der Waals surface area (Å²) in [4.78, 5) is 20.7. The van der Waals surface area contributed by atoms with E-state index in [4.69, 9.17) is 11.6 Å². The Morgan fingerprint density at radius 3 is 2.70 bits per heavy atom. The molecule has 0 saturated heterocycles. The Bertz CT molecular complexity index is 1180. The van der Waals surface area contributed by atoms with E-state index in [0.29, 0.717) is 12.5 Å². The minimum Gasteiger partial charge on any atom is -0.325 e. The smallest absolute Gasteiger partial charge is 0.293 e. The number of aryl methyl sites for hydroxylation is 2. The lowest BCUT2D eigenvalue weighted by molar-refractivity contribution is 0.773. The molecule has 1 N–H and O–H groups in total. The summed E-state index contributed by atoms with van der Waals surface area (Å²) in [6.45, 7) is 4.55. The average molecular weight is 397 g/mol. The quantitative estimate of drug-likeness (QED) is 0.532. The number of benzene rings is 2. The van der Waals surface area contributed by atoms with Gasteiger partial charge < -0.3 is 9.88 Å². The third kappa shape index (κ3) is 3.72. The number of hydrogen-bond donors (Lipinski definition) is 1. The monoisotopic (exact) mass is 396 g/mol. The molecule has 0 spiro atoms. The molecule has 4 aromatic rings. The van der Waals surface area contributed by atoms with Gasteiger partial charge in [-0.05, 0) is 37.1 Å². The van der Waals surface area contributed by atoms with Crippen LogP contribution in [0.15, 0.2) is 53.5 Å². The van der Waals surface area contributed by atoms with Crippen LogP contribution < -0.4 is 10.9 Å². The van der Waals surface area contributed by atoms with Crippen LogP contribution in [-0.2, 0) is 6.54 Å². The van der Waals surface area contributed by atoms with Crippen LogP contribution in [0.2, 0.25) is 5.02 Å². The van der Waals surface area contributed by atoms with Crippen LogP contribution >= 0.6 is 22.9 Å². The maximum Gasteiger partial charge on any atom is 0.293 e. The van der Waals surface area contributed by atoms with Gasteiger partial charge >= 0.3 is 0 Å². The highest BCUT2D eigenvalue weighted by atomic mass is 35.5. The van der Waals surface area contributed by atoms with Crippen molar-refractivity contribution in [2.45, 2.75) is 20.4 Å². The predicted molar refractivity (Wildman–Crippen MR) is 111 cm³/mol. The lowest BCUT2D eigenvalue weighted by Gasteiger charge is -2.15. The summed E-state index contributed by atoms with van der Waals surface area (Å²) in [7, 11) is 0. The van der Waals surface area contributed by atoms with E-state index >= 15 is 0 Å². The first-order valence-corrected chi connectivity index (χ1v) is 9.65. The Morgan fingerprint density at radius 2 is 1.93 bits per heavy atom. The van der Waals surface area contributed by atoms with Crippen molar-refractivity contribution in [1.82, 2.24) is 14.5 Å². The molecule has 2 aromatic carbocycles. The van der Waals surface area contributed by atoms with Gasteiger partial charge in [0.05, 0.1) is 21.8 Å². The zero-order valence-electron chi connectivity index (χ0n) is 14.9. The van der Waals surface area contributed by atoms with Gasteiger partial charge in [0.1, 0.15) is 5.02 Å². The number of thiazole rings is 1. The highest BCUT2D eigenvalue weighted by Gasteiger charge is 2.11.